The van der Waals surface area contributed by atoms with Gasteiger partial charge in [-0.2, -0.15) is 0 Å². The van der Waals surface area contributed by atoms with Crippen molar-refractivity contribution in [3.8, 4) is 5.75 Å². The lowest BCUT2D eigenvalue weighted by atomic mass is 10.0. The highest BCUT2D eigenvalue weighted by Crippen LogP contribution is 2.31. The maximum atomic E-state index is 9.99. The molecule has 0 bridgehead atoms. The molecule has 0 fully saturated rings. The van der Waals surface area contributed by atoms with Gasteiger partial charge in [0, 0.05) is 23.7 Å². The Kier molecular flexibility index (Phi) is 5.73. The number of hydrogen-bond acceptors (Lipinski definition) is 3. The summed E-state index contributed by atoms with van der Waals surface area (Å²) in [4.78, 5) is 0. The molecule has 0 aliphatic heterocycles. The average molecular weight is 292 g/mol. The molecule has 0 spiro atoms. The topological polar surface area (TPSA) is 52.5 Å². The van der Waals surface area contributed by atoms with Crippen LogP contribution in [0.5, 0.6) is 5.75 Å². The van der Waals surface area contributed by atoms with Crippen molar-refractivity contribution < 1.29 is 10.2 Å². The van der Waals surface area contributed by atoms with E-state index in [1.54, 1.807) is 13.0 Å². The van der Waals surface area contributed by atoms with E-state index in [1.807, 2.05) is 6.92 Å². The number of aliphatic hydroxyl groups is 1. The van der Waals surface area contributed by atoms with Gasteiger partial charge in [0.25, 0.3) is 0 Å². The van der Waals surface area contributed by atoms with Crippen molar-refractivity contribution in [2.75, 3.05) is 6.54 Å². The molecule has 3 N–H and O–H groups in total. The maximum Gasteiger partial charge on any atom is 0.138 e. The van der Waals surface area contributed by atoms with Gasteiger partial charge in [-0.1, -0.05) is 36.5 Å². The summed E-state index contributed by atoms with van der Waals surface area (Å²) < 4.78 is 0. The van der Waals surface area contributed by atoms with E-state index in [-0.39, 0.29) is 10.8 Å². The van der Waals surface area contributed by atoms with E-state index in [4.69, 9.17) is 23.2 Å². The Morgan fingerprint density at radius 1 is 1.33 bits per heavy atom. The van der Waals surface area contributed by atoms with Gasteiger partial charge >= 0.3 is 0 Å². The van der Waals surface area contributed by atoms with Gasteiger partial charge in [-0.15, -0.1) is 0 Å². The second kappa shape index (κ2) is 6.62. The van der Waals surface area contributed by atoms with Crippen LogP contribution in [-0.2, 0) is 6.54 Å². The van der Waals surface area contributed by atoms with Gasteiger partial charge in [-0.25, -0.2) is 0 Å². The largest absolute Gasteiger partial charge is 0.506 e. The Bertz CT molecular complexity index is 408. The van der Waals surface area contributed by atoms with Gasteiger partial charge in [-0.3, -0.25) is 0 Å². The van der Waals surface area contributed by atoms with Gasteiger partial charge < -0.3 is 15.5 Å². The molecule has 0 aliphatic carbocycles. The van der Waals surface area contributed by atoms with Crippen LogP contribution in [0.25, 0.3) is 0 Å². The zero-order chi connectivity index (χ0) is 13.8. The van der Waals surface area contributed by atoms with Gasteiger partial charge in [0.05, 0.1) is 10.6 Å². The zero-order valence-electron chi connectivity index (χ0n) is 10.6. The van der Waals surface area contributed by atoms with Crippen molar-refractivity contribution in [1.82, 2.24) is 5.32 Å². The number of halogens is 2. The molecule has 0 heterocycles. The molecule has 0 aromatic heterocycles. The highest BCUT2D eigenvalue weighted by Gasteiger charge is 2.18. The second-order valence-corrected chi connectivity index (χ2v) is 5.59. The molecular formula is C13H19Cl2NO2. The Labute approximate surface area is 118 Å². The molecule has 5 heteroatoms. The van der Waals surface area contributed by atoms with Gasteiger partial charge in [0.15, 0.2) is 0 Å². The first kappa shape index (κ1) is 15.6. The van der Waals surface area contributed by atoms with E-state index in [1.165, 1.54) is 6.07 Å². The van der Waals surface area contributed by atoms with Crippen LogP contribution in [0.3, 0.4) is 0 Å². The Balaban J connectivity index is 2.59. The fourth-order valence-corrected chi connectivity index (χ4v) is 2.38. The standard InChI is InChI=1S/C13H19Cl2NO2/c1-3-4-13(2,18)8-16-7-9-5-10(14)6-11(15)12(9)17/h5-6,16-18H,3-4,7-8H2,1-2H3. The molecule has 0 saturated heterocycles. The minimum Gasteiger partial charge on any atom is -0.506 e. The minimum atomic E-state index is -0.743. The normalized spacial score (nSPS) is 14.5. The number of rotatable bonds is 6. The highest BCUT2D eigenvalue weighted by molar-refractivity contribution is 6.35. The summed E-state index contributed by atoms with van der Waals surface area (Å²) in [5.74, 6) is 0.0312. The number of benzene rings is 1. The van der Waals surface area contributed by atoms with Crippen molar-refractivity contribution in [1.29, 1.82) is 0 Å². The molecule has 0 aliphatic rings. The van der Waals surface area contributed by atoms with Crippen LogP contribution < -0.4 is 5.32 Å². The molecule has 1 atom stereocenters. The lowest BCUT2D eigenvalue weighted by Gasteiger charge is -2.23. The molecule has 0 saturated carbocycles. The molecule has 0 amide bonds. The Morgan fingerprint density at radius 2 is 2.00 bits per heavy atom. The van der Waals surface area contributed by atoms with Crippen molar-refractivity contribution in [2.45, 2.75) is 38.8 Å². The summed E-state index contributed by atoms with van der Waals surface area (Å²) in [5, 5.41) is 23.6. The maximum absolute atomic E-state index is 9.99. The summed E-state index contributed by atoms with van der Waals surface area (Å²) >= 11 is 11.7. The molecule has 1 unspecified atom stereocenters. The molecule has 1 rings (SSSR count). The third kappa shape index (κ3) is 4.65. The van der Waals surface area contributed by atoms with Crippen molar-refractivity contribution in [3.63, 3.8) is 0 Å². The summed E-state index contributed by atoms with van der Waals surface area (Å²) in [6.07, 6.45) is 1.64. The average Bonchev–Trinajstić information content (AvgIpc) is 2.24. The molecule has 1 aromatic carbocycles. The monoisotopic (exact) mass is 291 g/mol. The summed E-state index contributed by atoms with van der Waals surface area (Å²) in [6, 6.07) is 3.15. The number of aromatic hydroxyl groups is 1. The fraction of sp³-hybridized carbons (Fsp3) is 0.538. The van der Waals surface area contributed by atoms with Crippen LogP contribution in [0.4, 0.5) is 0 Å². The van der Waals surface area contributed by atoms with Crippen molar-refractivity contribution in [2.24, 2.45) is 0 Å². The summed E-state index contributed by atoms with van der Waals surface area (Å²) in [6.45, 7) is 4.67. The van der Waals surface area contributed by atoms with Gasteiger partial charge in [0.2, 0.25) is 0 Å². The minimum absolute atomic E-state index is 0.0312. The smallest absolute Gasteiger partial charge is 0.138 e. The van der Waals surface area contributed by atoms with E-state index in [2.05, 4.69) is 5.32 Å². The molecule has 18 heavy (non-hydrogen) atoms. The predicted octanol–water partition coefficient (Wildman–Crippen LogP) is 3.34. The first-order valence-corrected chi connectivity index (χ1v) is 6.71. The Hall–Kier alpha value is -0.480. The van der Waals surface area contributed by atoms with Crippen LogP contribution in [0.2, 0.25) is 10.0 Å². The van der Waals surface area contributed by atoms with Gasteiger partial charge in [0.1, 0.15) is 5.75 Å². The molecule has 0 radical (unpaired) electrons. The molecule has 3 nitrogen and oxygen atoms in total. The van der Waals surface area contributed by atoms with Crippen molar-refractivity contribution in [3.05, 3.63) is 27.7 Å². The first-order chi connectivity index (χ1) is 8.35. The third-order valence-corrected chi connectivity index (χ3v) is 3.22. The Morgan fingerprint density at radius 3 is 2.61 bits per heavy atom. The molecule has 102 valence electrons. The van der Waals surface area contributed by atoms with E-state index >= 15 is 0 Å². The molecular weight excluding hydrogens is 273 g/mol. The number of hydrogen-bond donors (Lipinski definition) is 3. The van der Waals surface area contributed by atoms with E-state index < -0.39 is 5.60 Å². The van der Waals surface area contributed by atoms with E-state index in [0.29, 0.717) is 23.7 Å². The lowest BCUT2D eigenvalue weighted by Crippen LogP contribution is -2.37. The van der Waals surface area contributed by atoms with Crippen LogP contribution in [-0.4, -0.2) is 22.4 Å². The van der Waals surface area contributed by atoms with Crippen LogP contribution >= 0.6 is 23.2 Å². The number of phenols is 1. The highest BCUT2D eigenvalue weighted by atomic mass is 35.5. The zero-order valence-corrected chi connectivity index (χ0v) is 12.1. The summed E-state index contributed by atoms with van der Waals surface area (Å²) in [7, 11) is 0. The van der Waals surface area contributed by atoms with Crippen LogP contribution in [0.1, 0.15) is 32.3 Å². The van der Waals surface area contributed by atoms with Crippen molar-refractivity contribution >= 4 is 23.2 Å². The predicted molar refractivity (Wildman–Crippen MR) is 75.4 cm³/mol. The molecule has 1 aromatic rings. The van der Waals surface area contributed by atoms with Crippen LogP contribution in [0, 0.1) is 0 Å². The van der Waals surface area contributed by atoms with Gasteiger partial charge in [-0.05, 0) is 25.5 Å². The van der Waals surface area contributed by atoms with E-state index in [9.17, 15) is 10.2 Å². The lowest BCUT2D eigenvalue weighted by molar-refractivity contribution is 0.0497. The number of phenolic OH excluding ortho intramolecular Hbond substituents is 1. The quantitative estimate of drug-likeness (QED) is 0.753. The first-order valence-electron chi connectivity index (χ1n) is 5.95. The SMILES string of the molecule is CCCC(C)(O)CNCc1cc(Cl)cc(Cl)c1O. The van der Waals surface area contributed by atoms with E-state index in [0.717, 1.165) is 12.8 Å². The fourth-order valence-electron chi connectivity index (χ4n) is 1.85. The number of nitrogens with one attached hydrogen (secondary N) is 1. The van der Waals surface area contributed by atoms with Crippen LogP contribution in [0.15, 0.2) is 12.1 Å². The second-order valence-electron chi connectivity index (χ2n) is 4.75. The summed E-state index contributed by atoms with van der Waals surface area (Å²) in [5.41, 5.74) is -0.119. The third-order valence-electron chi connectivity index (χ3n) is 2.72.